The summed E-state index contributed by atoms with van der Waals surface area (Å²) >= 11 is 3.62. The number of hydrogen-bond donors (Lipinski definition) is 1. The Morgan fingerprint density at radius 3 is 3.15 bits per heavy atom. The molecule has 2 heterocycles. The lowest BCUT2D eigenvalue weighted by Crippen LogP contribution is -2.36. The van der Waals surface area contributed by atoms with Crippen LogP contribution in [0.3, 0.4) is 0 Å². The summed E-state index contributed by atoms with van der Waals surface area (Å²) in [6.45, 7) is 3.26. The van der Waals surface area contributed by atoms with Gasteiger partial charge in [0.2, 0.25) is 0 Å². The number of aromatic nitrogens is 1. The van der Waals surface area contributed by atoms with E-state index in [4.69, 9.17) is 0 Å². The molecular weight excluding hydrogens is 314 g/mol. The summed E-state index contributed by atoms with van der Waals surface area (Å²) in [7, 11) is 2.03. The molecule has 1 aliphatic heterocycles. The van der Waals surface area contributed by atoms with Crippen LogP contribution in [0.5, 0.6) is 0 Å². The van der Waals surface area contributed by atoms with Crippen molar-refractivity contribution in [1.82, 2.24) is 15.2 Å². The number of likely N-dealkylation sites (tertiary alicyclic amines) is 1. The second-order valence-electron chi connectivity index (χ2n) is 5.43. The smallest absolute Gasteiger partial charge is 0.0758 e. The Morgan fingerprint density at radius 2 is 2.30 bits per heavy atom. The van der Waals surface area contributed by atoms with Gasteiger partial charge in [-0.2, -0.15) is 0 Å². The molecule has 0 bridgehead atoms. The SMILES string of the molecule is CNCC1CCCN1Cc1ccc(Br)c2cccnc12. The molecule has 0 amide bonds. The first-order chi connectivity index (χ1) is 9.79. The van der Waals surface area contributed by atoms with E-state index >= 15 is 0 Å². The van der Waals surface area contributed by atoms with Gasteiger partial charge in [0, 0.05) is 35.2 Å². The van der Waals surface area contributed by atoms with Crippen molar-refractivity contribution in [3.05, 3.63) is 40.5 Å². The second kappa shape index (κ2) is 6.20. The molecule has 1 aliphatic rings. The first-order valence-corrected chi connectivity index (χ1v) is 7.99. The van der Waals surface area contributed by atoms with E-state index in [9.17, 15) is 0 Å². The molecule has 4 heteroatoms. The van der Waals surface area contributed by atoms with Crippen LogP contribution < -0.4 is 5.32 Å². The topological polar surface area (TPSA) is 28.2 Å². The Kier molecular flexibility index (Phi) is 4.34. The number of nitrogens with zero attached hydrogens (tertiary/aromatic N) is 2. The minimum atomic E-state index is 0.655. The molecule has 0 spiro atoms. The van der Waals surface area contributed by atoms with Crippen molar-refractivity contribution < 1.29 is 0 Å². The molecule has 106 valence electrons. The third-order valence-electron chi connectivity index (χ3n) is 4.11. The van der Waals surface area contributed by atoms with Crippen LogP contribution in [-0.4, -0.2) is 36.1 Å². The zero-order valence-corrected chi connectivity index (χ0v) is 13.4. The summed E-state index contributed by atoms with van der Waals surface area (Å²) < 4.78 is 1.12. The number of pyridine rings is 1. The van der Waals surface area contributed by atoms with E-state index in [1.54, 1.807) is 0 Å². The van der Waals surface area contributed by atoms with Gasteiger partial charge in [0.15, 0.2) is 0 Å². The standard InChI is InChI=1S/C16H20BrN3/c1-18-10-13-4-3-9-20(13)11-12-6-7-15(17)14-5-2-8-19-16(12)14/h2,5-8,13,18H,3-4,9-11H2,1H3. The predicted molar refractivity (Wildman–Crippen MR) is 86.8 cm³/mol. The largest absolute Gasteiger partial charge is 0.318 e. The molecule has 1 aromatic carbocycles. The van der Waals surface area contributed by atoms with Crippen molar-refractivity contribution in [2.75, 3.05) is 20.1 Å². The van der Waals surface area contributed by atoms with E-state index in [0.717, 1.165) is 23.1 Å². The molecule has 1 unspecified atom stereocenters. The molecule has 3 nitrogen and oxygen atoms in total. The third-order valence-corrected chi connectivity index (χ3v) is 4.80. The molecular formula is C16H20BrN3. The van der Waals surface area contributed by atoms with Crippen LogP contribution in [0.15, 0.2) is 34.9 Å². The lowest BCUT2D eigenvalue weighted by molar-refractivity contribution is 0.243. The fourth-order valence-electron chi connectivity index (χ4n) is 3.11. The summed E-state index contributed by atoms with van der Waals surface area (Å²) in [5.41, 5.74) is 2.45. The monoisotopic (exact) mass is 333 g/mol. The van der Waals surface area contributed by atoms with E-state index in [2.05, 4.69) is 49.3 Å². The van der Waals surface area contributed by atoms with Crippen LogP contribution >= 0.6 is 15.9 Å². The van der Waals surface area contributed by atoms with Gasteiger partial charge in [0.05, 0.1) is 5.52 Å². The third kappa shape index (κ3) is 2.73. The van der Waals surface area contributed by atoms with Crippen molar-refractivity contribution in [3.8, 4) is 0 Å². The van der Waals surface area contributed by atoms with Gasteiger partial charge in [-0.25, -0.2) is 0 Å². The van der Waals surface area contributed by atoms with Crippen molar-refractivity contribution in [2.24, 2.45) is 0 Å². The van der Waals surface area contributed by atoms with E-state index in [1.165, 1.54) is 30.3 Å². The maximum absolute atomic E-state index is 4.58. The average molecular weight is 334 g/mol. The van der Waals surface area contributed by atoms with Crippen LogP contribution in [0, 0.1) is 0 Å². The van der Waals surface area contributed by atoms with Gasteiger partial charge in [0.25, 0.3) is 0 Å². The number of halogens is 1. The summed E-state index contributed by atoms with van der Waals surface area (Å²) in [5.74, 6) is 0. The van der Waals surface area contributed by atoms with Gasteiger partial charge in [-0.3, -0.25) is 9.88 Å². The Labute approximate surface area is 128 Å². The lowest BCUT2D eigenvalue weighted by atomic mass is 10.1. The first-order valence-electron chi connectivity index (χ1n) is 7.20. The number of likely N-dealkylation sites (N-methyl/N-ethyl adjacent to an activating group) is 1. The Hall–Kier alpha value is -0.970. The quantitative estimate of drug-likeness (QED) is 0.931. The molecule has 0 saturated carbocycles. The Balaban J connectivity index is 1.89. The minimum absolute atomic E-state index is 0.655. The van der Waals surface area contributed by atoms with Crippen molar-refractivity contribution >= 4 is 26.8 Å². The van der Waals surface area contributed by atoms with Crippen LogP contribution in [-0.2, 0) is 6.54 Å². The Morgan fingerprint density at radius 1 is 1.40 bits per heavy atom. The number of fused-ring (bicyclic) bond motifs is 1. The molecule has 20 heavy (non-hydrogen) atoms. The van der Waals surface area contributed by atoms with Crippen molar-refractivity contribution in [3.63, 3.8) is 0 Å². The molecule has 1 aromatic heterocycles. The van der Waals surface area contributed by atoms with E-state index in [-0.39, 0.29) is 0 Å². The molecule has 1 fully saturated rings. The van der Waals surface area contributed by atoms with Crippen LogP contribution in [0.25, 0.3) is 10.9 Å². The highest BCUT2D eigenvalue weighted by Gasteiger charge is 2.24. The average Bonchev–Trinajstić information content (AvgIpc) is 2.90. The lowest BCUT2D eigenvalue weighted by Gasteiger charge is -2.24. The first kappa shape index (κ1) is 14.0. The minimum Gasteiger partial charge on any atom is -0.318 e. The molecule has 1 saturated heterocycles. The molecule has 0 radical (unpaired) electrons. The second-order valence-corrected chi connectivity index (χ2v) is 6.28. The normalized spacial score (nSPS) is 19.8. The molecule has 1 N–H and O–H groups in total. The maximum Gasteiger partial charge on any atom is 0.0758 e. The fourth-order valence-corrected chi connectivity index (χ4v) is 3.56. The fraction of sp³-hybridized carbons (Fsp3) is 0.438. The van der Waals surface area contributed by atoms with Crippen molar-refractivity contribution in [2.45, 2.75) is 25.4 Å². The number of nitrogens with one attached hydrogen (secondary N) is 1. The number of rotatable bonds is 4. The van der Waals surface area contributed by atoms with Crippen LogP contribution in [0.2, 0.25) is 0 Å². The van der Waals surface area contributed by atoms with Crippen LogP contribution in [0.1, 0.15) is 18.4 Å². The Bertz CT molecular complexity index is 599. The van der Waals surface area contributed by atoms with Crippen molar-refractivity contribution in [1.29, 1.82) is 0 Å². The highest BCUT2D eigenvalue weighted by molar-refractivity contribution is 9.10. The molecule has 3 rings (SSSR count). The number of benzene rings is 1. The van der Waals surface area contributed by atoms with E-state index in [1.807, 2.05) is 19.3 Å². The molecule has 2 aromatic rings. The van der Waals surface area contributed by atoms with Gasteiger partial charge in [-0.1, -0.05) is 28.1 Å². The van der Waals surface area contributed by atoms with E-state index in [0.29, 0.717) is 6.04 Å². The van der Waals surface area contributed by atoms with Gasteiger partial charge in [-0.05, 0) is 44.1 Å². The summed E-state index contributed by atoms with van der Waals surface area (Å²) in [5, 5.41) is 4.51. The maximum atomic E-state index is 4.58. The highest BCUT2D eigenvalue weighted by atomic mass is 79.9. The van der Waals surface area contributed by atoms with Gasteiger partial charge in [-0.15, -0.1) is 0 Å². The number of hydrogen-bond acceptors (Lipinski definition) is 3. The van der Waals surface area contributed by atoms with Gasteiger partial charge < -0.3 is 5.32 Å². The van der Waals surface area contributed by atoms with Gasteiger partial charge >= 0.3 is 0 Å². The highest BCUT2D eigenvalue weighted by Crippen LogP contribution is 2.28. The zero-order chi connectivity index (χ0) is 13.9. The zero-order valence-electron chi connectivity index (χ0n) is 11.8. The van der Waals surface area contributed by atoms with E-state index < -0.39 is 0 Å². The van der Waals surface area contributed by atoms with Gasteiger partial charge in [0.1, 0.15) is 0 Å². The summed E-state index contributed by atoms with van der Waals surface area (Å²) in [4.78, 5) is 7.16. The summed E-state index contributed by atoms with van der Waals surface area (Å²) in [6, 6.07) is 9.13. The molecule has 1 atom stereocenters. The molecule has 0 aliphatic carbocycles. The summed E-state index contributed by atoms with van der Waals surface area (Å²) in [6.07, 6.45) is 4.48. The predicted octanol–water partition coefficient (Wildman–Crippen LogP) is 3.18. The van der Waals surface area contributed by atoms with Crippen LogP contribution in [0.4, 0.5) is 0 Å².